The Morgan fingerprint density at radius 2 is 1.93 bits per heavy atom. The third-order valence-electron chi connectivity index (χ3n) is 5.12. The van der Waals surface area contributed by atoms with Crippen LogP contribution in [0, 0.1) is 11.8 Å². The Bertz CT molecular complexity index is 669. The number of nitrogens with zero attached hydrogens (tertiary/aromatic N) is 1. The predicted molar refractivity (Wildman–Crippen MR) is 106 cm³/mol. The molecule has 2 rings (SSSR count). The minimum atomic E-state index is -0.583. The van der Waals surface area contributed by atoms with E-state index >= 15 is 0 Å². The highest BCUT2D eigenvalue weighted by molar-refractivity contribution is 5.85. The molecule has 1 unspecified atom stereocenters. The van der Waals surface area contributed by atoms with Gasteiger partial charge >= 0.3 is 5.97 Å². The smallest absolute Gasteiger partial charge is 0.328 e. The number of nitrogens with one attached hydrogen (secondary N) is 1. The van der Waals surface area contributed by atoms with Crippen molar-refractivity contribution in [3.8, 4) is 11.5 Å². The number of rotatable bonds is 8. The fourth-order valence-electron chi connectivity index (χ4n) is 3.55. The van der Waals surface area contributed by atoms with Gasteiger partial charge in [0.25, 0.3) is 0 Å². The number of methoxy groups -OCH3 is 2. The molecule has 0 aliphatic carbocycles. The second-order valence-electron chi connectivity index (χ2n) is 7.77. The lowest BCUT2D eigenvalue weighted by molar-refractivity contribution is -0.146. The van der Waals surface area contributed by atoms with Gasteiger partial charge in [-0.1, -0.05) is 19.9 Å². The maximum atomic E-state index is 12.6. The van der Waals surface area contributed by atoms with Crippen LogP contribution in [-0.2, 0) is 20.9 Å². The molecule has 1 heterocycles. The molecule has 1 aliphatic heterocycles. The molecule has 1 saturated heterocycles. The number of aromatic hydroxyl groups is 1. The number of esters is 1. The van der Waals surface area contributed by atoms with Crippen LogP contribution in [0.1, 0.15) is 38.7 Å². The van der Waals surface area contributed by atoms with Crippen molar-refractivity contribution in [1.29, 1.82) is 0 Å². The molecule has 7 nitrogen and oxygen atoms in total. The first-order valence-electron chi connectivity index (χ1n) is 9.80. The number of piperidine rings is 1. The Hall–Kier alpha value is -2.28. The molecule has 28 heavy (non-hydrogen) atoms. The molecule has 156 valence electrons. The molecule has 1 aromatic carbocycles. The number of ether oxygens (including phenoxy) is 2. The van der Waals surface area contributed by atoms with Crippen LogP contribution in [0.5, 0.6) is 11.5 Å². The van der Waals surface area contributed by atoms with Crippen LogP contribution in [0.4, 0.5) is 0 Å². The Labute approximate surface area is 167 Å². The standard InChI is InChI=1S/C21H32N2O5/c1-14(2)11-17(21(26)28-4)22-20(25)16-7-9-23(10-8-16)13-15-5-6-18(24)19(12-15)27-3/h5-6,12,14,16-17,24H,7-11,13H2,1-4H3,(H,22,25). The van der Waals surface area contributed by atoms with E-state index in [0.29, 0.717) is 12.2 Å². The molecule has 0 bridgehead atoms. The third kappa shape index (κ3) is 6.12. The minimum Gasteiger partial charge on any atom is -0.504 e. The molecule has 1 atom stereocenters. The van der Waals surface area contributed by atoms with Gasteiger partial charge in [-0.3, -0.25) is 9.69 Å². The molecular formula is C21H32N2O5. The molecule has 2 N–H and O–H groups in total. The van der Waals surface area contributed by atoms with Gasteiger partial charge < -0.3 is 19.9 Å². The zero-order valence-electron chi connectivity index (χ0n) is 17.2. The van der Waals surface area contributed by atoms with Crippen molar-refractivity contribution in [3.63, 3.8) is 0 Å². The first-order chi connectivity index (χ1) is 13.3. The van der Waals surface area contributed by atoms with E-state index in [1.54, 1.807) is 6.07 Å². The Morgan fingerprint density at radius 1 is 1.25 bits per heavy atom. The summed E-state index contributed by atoms with van der Waals surface area (Å²) < 4.78 is 9.98. The number of benzene rings is 1. The van der Waals surface area contributed by atoms with Crippen molar-refractivity contribution in [2.45, 2.75) is 45.7 Å². The summed E-state index contributed by atoms with van der Waals surface area (Å²) in [6, 6.07) is 4.76. The fourth-order valence-corrected chi connectivity index (χ4v) is 3.55. The van der Waals surface area contributed by atoms with E-state index in [1.807, 2.05) is 26.0 Å². The zero-order chi connectivity index (χ0) is 20.7. The number of phenolic OH excluding ortho intramolecular Hbond substituents is 1. The summed E-state index contributed by atoms with van der Waals surface area (Å²) in [5, 5.41) is 12.6. The summed E-state index contributed by atoms with van der Waals surface area (Å²) in [7, 11) is 2.88. The molecule has 1 fully saturated rings. The largest absolute Gasteiger partial charge is 0.504 e. The van der Waals surface area contributed by atoms with Gasteiger partial charge in [0.05, 0.1) is 14.2 Å². The van der Waals surface area contributed by atoms with Crippen LogP contribution in [0.3, 0.4) is 0 Å². The highest BCUT2D eigenvalue weighted by Gasteiger charge is 2.29. The van der Waals surface area contributed by atoms with E-state index in [4.69, 9.17) is 9.47 Å². The summed E-state index contributed by atoms with van der Waals surface area (Å²) in [6.07, 6.45) is 2.06. The van der Waals surface area contributed by atoms with Crippen LogP contribution >= 0.6 is 0 Å². The zero-order valence-corrected chi connectivity index (χ0v) is 17.2. The number of hydrogen-bond donors (Lipinski definition) is 2. The molecule has 0 aromatic heterocycles. The summed E-state index contributed by atoms with van der Waals surface area (Å²) in [5.74, 6) is 0.329. The van der Waals surface area contributed by atoms with E-state index in [1.165, 1.54) is 14.2 Å². The van der Waals surface area contributed by atoms with Crippen LogP contribution in [0.2, 0.25) is 0 Å². The molecule has 1 aliphatic rings. The van der Waals surface area contributed by atoms with E-state index in [9.17, 15) is 14.7 Å². The summed E-state index contributed by atoms with van der Waals surface area (Å²) in [4.78, 5) is 26.8. The van der Waals surface area contributed by atoms with Crippen molar-refractivity contribution in [2.24, 2.45) is 11.8 Å². The maximum Gasteiger partial charge on any atom is 0.328 e. The Balaban J connectivity index is 1.86. The first-order valence-corrected chi connectivity index (χ1v) is 9.80. The van der Waals surface area contributed by atoms with Gasteiger partial charge in [0, 0.05) is 12.5 Å². The molecule has 0 spiro atoms. The summed E-state index contributed by atoms with van der Waals surface area (Å²) >= 11 is 0. The van der Waals surface area contributed by atoms with Gasteiger partial charge in [0.1, 0.15) is 6.04 Å². The number of amides is 1. The average molecular weight is 392 g/mol. The lowest BCUT2D eigenvalue weighted by Gasteiger charge is -2.32. The van der Waals surface area contributed by atoms with Crippen molar-refractivity contribution in [3.05, 3.63) is 23.8 Å². The minimum absolute atomic E-state index is 0.0676. The number of carbonyl (C=O) groups excluding carboxylic acids is 2. The predicted octanol–water partition coefficient (Wildman–Crippen LogP) is 2.32. The molecule has 1 aromatic rings. The van der Waals surface area contributed by atoms with E-state index in [0.717, 1.165) is 38.0 Å². The van der Waals surface area contributed by atoms with Gasteiger partial charge in [-0.2, -0.15) is 0 Å². The lowest BCUT2D eigenvalue weighted by atomic mass is 9.94. The van der Waals surface area contributed by atoms with Gasteiger partial charge in [-0.25, -0.2) is 4.79 Å². The average Bonchev–Trinajstić information content (AvgIpc) is 2.68. The summed E-state index contributed by atoms with van der Waals surface area (Å²) in [5.41, 5.74) is 1.06. The Kier molecular flexibility index (Phi) is 8.11. The SMILES string of the molecule is COC(=O)C(CC(C)C)NC(=O)C1CCN(Cc2ccc(O)c(OC)c2)CC1. The number of hydrogen-bond acceptors (Lipinski definition) is 6. The van der Waals surface area contributed by atoms with Crippen molar-refractivity contribution in [1.82, 2.24) is 10.2 Å². The van der Waals surface area contributed by atoms with Crippen LogP contribution in [0.15, 0.2) is 18.2 Å². The van der Waals surface area contributed by atoms with Crippen LogP contribution in [-0.4, -0.2) is 55.2 Å². The van der Waals surface area contributed by atoms with E-state index in [2.05, 4.69) is 10.2 Å². The normalized spacial score (nSPS) is 16.6. The number of phenols is 1. The molecule has 0 saturated carbocycles. The lowest BCUT2D eigenvalue weighted by Crippen LogP contribution is -2.47. The number of carbonyl (C=O) groups is 2. The highest BCUT2D eigenvalue weighted by Crippen LogP contribution is 2.27. The van der Waals surface area contributed by atoms with Crippen molar-refractivity contribution < 1.29 is 24.2 Å². The van der Waals surface area contributed by atoms with Gasteiger partial charge in [0.2, 0.25) is 5.91 Å². The highest BCUT2D eigenvalue weighted by atomic mass is 16.5. The monoisotopic (exact) mass is 392 g/mol. The van der Waals surface area contributed by atoms with Gasteiger partial charge in [-0.05, 0) is 56.0 Å². The van der Waals surface area contributed by atoms with Crippen LogP contribution in [0.25, 0.3) is 0 Å². The van der Waals surface area contributed by atoms with Crippen molar-refractivity contribution in [2.75, 3.05) is 27.3 Å². The van der Waals surface area contributed by atoms with E-state index < -0.39 is 6.04 Å². The molecule has 7 heteroatoms. The Morgan fingerprint density at radius 3 is 2.50 bits per heavy atom. The van der Waals surface area contributed by atoms with Gasteiger partial charge in [-0.15, -0.1) is 0 Å². The molecule has 0 radical (unpaired) electrons. The van der Waals surface area contributed by atoms with Crippen LogP contribution < -0.4 is 10.1 Å². The fraction of sp³-hybridized carbons (Fsp3) is 0.619. The second-order valence-corrected chi connectivity index (χ2v) is 7.77. The molecule has 1 amide bonds. The summed E-state index contributed by atoms with van der Waals surface area (Å²) in [6.45, 7) is 6.36. The third-order valence-corrected chi connectivity index (χ3v) is 5.12. The molecular weight excluding hydrogens is 360 g/mol. The van der Waals surface area contributed by atoms with Gasteiger partial charge in [0.15, 0.2) is 11.5 Å². The van der Waals surface area contributed by atoms with E-state index in [-0.39, 0.29) is 29.5 Å². The quantitative estimate of drug-likeness (QED) is 0.660. The topological polar surface area (TPSA) is 88.1 Å². The maximum absolute atomic E-state index is 12.6. The van der Waals surface area contributed by atoms with Crippen molar-refractivity contribution >= 4 is 11.9 Å². The first kappa shape index (κ1) is 22.0. The number of likely N-dealkylation sites (tertiary alicyclic amines) is 1. The second kappa shape index (κ2) is 10.3.